The summed E-state index contributed by atoms with van der Waals surface area (Å²) in [6, 6.07) is 9.82. The number of carbonyl (C=O) groups excluding carboxylic acids is 1. The molecule has 0 saturated heterocycles. The Morgan fingerprint density at radius 3 is 2.92 bits per heavy atom. The summed E-state index contributed by atoms with van der Waals surface area (Å²) in [5.74, 6) is 0. The number of anilines is 1. The zero-order chi connectivity index (χ0) is 17.6. The lowest BCUT2D eigenvalue weighted by Crippen LogP contribution is -2.35. The van der Waals surface area contributed by atoms with Gasteiger partial charge in [-0.25, -0.2) is 4.79 Å². The van der Waals surface area contributed by atoms with Gasteiger partial charge >= 0.3 is 6.03 Å². The fraction of sp³-hybridized carbons (Fsp3) is 0.400. The molecular formula is C20H25N3O2. The smallest absolute Gasteiger partial charge is 0.322 e. The van der Waals surface area contributed by atoms with E-state index < -0.39 is 0 Å². The first kappa shape index (κ1) is 17.4. The minimum absolute atomic E-state index is 0.0198. The maximum absolute atomic E-state index is 12.8. The molecule has 0 bridgehead atoms. The molecule has 1 aromatic carbocycles. The Hall–Kier alpha value is -2.40. The molecule has 0 spiro atoms. The summed E-state index contributed by atoms with van der Waals surface area (Å²) >= 11 is 0. The van der Waals surface area contributed by atoms with E-state index in [9.17, 15) is 4.79 Å². The third-order valence-electron chi connectivity index (χ3n) is 4.66. The van der Waals surface area contributed by atoms with Crippen LogP contribution in [0.5, 0.6) is 0 Å². The highest BCUT2D eigenvalue weighted by Crippen LogP contribution is 2.27. The van der Waals surface area contributed by atoms with Crippen molar-refractivity contribution in [2.45, 2.75) is 45.4 Å². The van der Waals surface area contributed by atoms with Gasteiger partial charge < -0.3 is 15.0 Å². The number of rotatable bonds is 6. The number of nitrogens with zero attached hydrogens (tertiary/aromatic N) is 2. The van der Waals surface area contributed by atoms with Gasteiger partial charge in [0, 0.05) is 25.1 Å². The zero-order valence-electron chi connectivity index (χ0n) is 14.9. The SMILES string of the molecule is CCCCC(c1cccnc1)N(C)C(=O)Nc1ccc2c(c1)COC2. The molecule has 0 aliphatic carbocycles. The van der Waals surface area contributed by atoms with Gasteiger partial charge in [0.05, 0.1) is 19.3 Å². The van der Waals surface area contributed by atoms with Crippen molar-refractivity contribution >= 4 is 11.7 Å². The number of hydrogen-bond acceptors (Lipinski definition) is 3. The molecule has 3 rings (SSSR count). The number of urea groups is 1. The van der Waals surface area contributed by atoms with Crippen LogP contribution in [0.1, 0.15) is 48.9 Å². The van der Waals surface area contributed by atoms with Gasteiger partial charge in [0.2, 0.25) is 0 Å². The first-order chi connectivity index (χ1) is 12.2. The average Bonchev–Trinajstić information content (AvgIpc) is 3.10. The molecule has 1 aliphatic heterocycles. The van der Waals surface area contributed by atoms with E-state index in [4.69, 9.17) is 4.74 Å². The van der Waals surface area contributed by atoms with Crippen LogP contribution >= 0.6 is 0 Å². The largest absolute Gasteiger partial charge is 0.372 e. The highest BCUT2D eigenvalue weighted by atomic mass is 16.5. The lowest BCUT2D eigenvalue weighted by atomic mass is 10.0. The van der Waals surface area contributed by atoms with Crippen molar-refractivity contribution in [1.29, 1.82) is 0 Å². The number of fused-ring (bicyclic) bond motifs is 1. The van der Waals surface area contributed by atoms with E-state index >= 15 is 0 Å². The fourth-order valence-corrected chi connectivity index (χ4v) is 3.16. The molecule has 0 saturated carbocycles. The van der Waals surface area contributed by atoms with Crippen molar-refractivity contribution in [2.75, 3.05) is 12.4 Å². The van der Waals surface area contributed by atoms with Gasteiger partial charge in [-0.3, -0.25) is 4.98 Å². The Morgan fingerprint density at radius 2 is 2.16 bits per heavy atom. The molecule has 2 amide bonds. The minimum Gasteiger partial charge on any atom is -0.372 e. The van der Waals surface area contributed by atoms with Crippen LogP contribution < -0.4 is 5.32 Å². The van der Waals surface area contributed by atoms with Crippen molar-refractivity contribution in [1.82, 2.24) is 9.88 Å². The number of pyridine rings is 1. The van der Waals surface area contributed by atoms with Crippen molar-refractivity contribution in [3.8, 4) is 0 Å². The Balaban J connectivity index is 1.72. The van der Waals surface area contributed by atoms with Crippen LogP contribution in [0.25, 0.3) is 0 Å². The normalized spacial score (nSPS) is 14.0. The number of ether oxygens (including phenoxy) is 1. The van der Waals surface area contributed by atoms with Crippen LogP contribution in [0.3, 0.4) is 0 Å². The Bertz CT molecular complexity index is 718. The van der Waals surface area contributed by atoms with Crippen LogP contribution in [0.15, 0.2) is 42.7 Å². The van der Waals surface area contributed by atoms with Crippen molar-refractivity contribution in [3.63, 3.8) is 0 Å². The Labute approximate surface area is 149 Å². The molecule has 1 N–H and O–H groups in total. The summed E-state index contributed by atoms with van der Waals surface area (Å²) < 4.78 is 5.43. The predicted molar refractivity (Wildman–Crippen MR) is 98.2 cm³/mol. The second-order valence-electron chi connectivity index (χ2n) is 6.46. The molecule has 2 aromatic rings. The van der Waals surface area contributed by atoms with E-state index in [0.717, 1.165) is 36.1 Å². The summed E-state index contributed by atoms with van der Waals surface area (Å²) in [5.41, 5.74) is 4.22. The van der Waals surface area contributed by atoms with E-state index in [2.05, 4.69) is 17.2 Å². The van der Waals surface area contributed by atoms with Gasteiger partial charge in [-0.2, -0.15) is 0 Å². The highest BCUT2D eigenvalue weighted by Gasteiger charge is 2.22. The first-order valence-corrected chi connectivity index (χ1v) is 8.82. The molecule has 1 aliphatic rings. The van der Waals surface area contributed by atoms with E-state index in [-0.39, 0.29) is 12.1 Å². The summed E-state index contributed by atoms with van der Waals surface area (Å²) in [7, 11) is 1.85. The van der Waals surface area contributed by atoms with E-state index in [1.54, 1.807) is 11.1 Å². The molecule has 1 atom stereocenters. The van der Waals surface area contributed by atoms with Crippen molar-refractivity contribution in [2.24, 2.45) is 0 Å². The molecule has 25 heavy (non-hydrogen) atoms. The second kappa shape index (κ2) is 8.12. The molecule has 5 heteroatoms. The minimum atomic E-state index is -0.108. The lowest BCUT2D eigenvalue weighted by Gasteiger charge is -2.28. The quantitative estimate of drug-likeness (QED) is 0.842. The van der Waals surface area contributed by atoms with Crippen LogP contribution in [-0.2, 0) is 18.0 Å². The number of aromatic nitrogens is 1. The van der Waals surface area contributed by atoms with E-state index in [1.807, 2.05) is 43.6 Å². The average molecular weight is 339 g/mol. The van der Waals surface area contributed by atoms with Crippen LogP contribution in [0, 0.1) is 0 Å². The molecule has 0 radical (unpaired) electrons. The zero-order valence-corrected chi connectivity index (χ0v) is 14.9. The van der Waals surface area contributed by atoms with Gasteiger partial charge in [0.25, 0.3) is 0 Å². The number of nitrogens with one attached hydrogen (secondary N) is 1. The molecule has 1 unspecified atom stereocenters. The van der Waals surface area contributed by atoms with Crippen molar-refractivity contribution < 1.29 is 9.53 Å². The van der Waals surface area contributed by atoms with E-state index in [0.29, 0.717) is 13.2 Å². The first-order valence-electron chi connectivity index (χ1n) is 8.82. The monoisotopic (exact) mass is 339 g/mol. The summed E-state index contributed by atoms with van der Waals surface area (Å²) in [5, 5.41) is 3.01. The standard InChI is InChI=1S/C20H25N3O2/c1-3-4-7-19(15-6-5-10-21-12-15)23(2)20(24)22-18-9-8-16-13-25-14-17(16)11-18/h5-6,8-12,19H,3-4,7,13-14H2,1-2H3,(H,22,24). The maximum Gasteiger partial charge on any atom is 0.322 e. The molecule has 2 heterocycles. The molecular weight excluding hydrogens is 314 g/mol. The lowest BCUT2D eigenvalue weighted by molar-refractivity contribution is 0.134. The molecule has 1 aromatic heterocycles. The third-order valence-corrected chi connectivity index (χ3v) is 4.66. The molecule has 0 fully saturated rings. The Kier molecular flexibility index (Phi) is 5.66. The number of amides is 2. The third kappa shape index (κ3) is 4.17. The predicted octanol–water partition coefficient (Wildman–Crippen LogP) is 4.51. The van der Waals surface area contributed by atoms with Crippen LogP contribution in [0.2, 0.25) is 0 Å². The highest BCUT2D eigenvalue weighted by molar-refractivity contribution is 5.89. The van der Waals surface area contributed by atoms with Gasteiger partial charge in [0.1, 0.15) is 0 Å². The molecule has 132 valence electrons. The van der Waals surface area contributed by atoms with E-state index in [1.165, 1.54) is 5.56 Å². The summed E-state index contributed by atoms with van der Waals surface area (Å²) in [4.78, 5) is 18.7. The summed E-state index contributed by atoms with van der Waals surface area (Å²) in [6.07, 6.45) is 6.68. The van der Waals surface area contributed by atoms with Gasteiger partial charge in [-0.05, 0) is 41.3 Å². The van der Waals surface area contributed by atoms with Gasteiger partial charge in [0.15, 0.2) is 0 Å². The second-order valence-corrected chi connectivity index (χ2v) is 6.46. The van der Waals surface area contributed by atoms with Crippen LogP contribution in [0.4, 0.5) is 10.5 Å². The maximum atomic E-state index is 12.8. The number of benzene rings is 1. The van der Waals surface area contributed by atoms with Gasteiger partial charge in [-0.15, -0.1) is 0 Å². The van der Waals surface area contributed by atoms with Crippen LogP contribution in [-0.4, -0.2) is 23.0 Å². The molecule has 5 nitrogen and oxygen atoms in total. The van der Waals surface area contributed by atoms with Gasteiger partial charge in [-0.1, -0.05) is 31.9 Å². The fourth-order valence-electron chi connectivity index (χ4n) is 3.16. The van der Waals surface area contributed by atoms with Crippen molar-refractivity contribution in [3.05, 3.63) is 59.4 Å². The topological polar surface area (TPSA) is 54.5 Å². The number of carbonyl (C=O) groups is 1. The number of hydrogen-bond donors (Lipinski definition) is 1. The Morgan fingerprint density at radius 1 is 1.32 bits per heavy atom. The summed E-state index contributed by atoms with van der Waals surface area (Å²) in [6.45, 7) is 3.43. The number of unbranched alkanes of at least 4 members (excludes halogenated alkanes) is 1.